The lowest BCUT2D eigenvalue weighted by molar-refractivity contribution is -0.147. The molecule has 3 unspecified atom stereocenters. The largest absolute Gasteiger partial charge is 0.394 e. The van der Waals surface area contributed by atoms with Gasteiger partial charge in [0.1, 0.15) is 6.04 Å². The van der Waals surface area contributed by atoms with Crippen LogP contribution in [0.3, 0.4) is 0 Å². The zero-order valence-electron chi connectivity index (χ0n) is 26.2. The molecule has 244 valence electrons. The van der Waals surface area contributed by atoms with Crippen LogP contribution < -0.4 is 0 Å². The first-order valence-corrected chi connectivity index (χ1v) is 17.8. The molecular formula is C38H40BrN3O4S. The van der Waals surface area contributed by atoms with Crippen LogP contribution in [0.1, 0.15) is 29.2 Å². The van der Waals surface area contributed by atoms with Crippen molar-refractivity contribution >= 4 is 45.4 Å². The predicted octanol–water partition coefficient (Wildman–Crippen LogP) is 5.61. The number of aliphatic hydroxyl groups excluding tert-OH is 1. The summed E-state index contributed by atoms with van der Waals surface area (Å²) in [5.74, 6) is -1.94. The smallest absolute Gasteiger partial charge is 0.247 e. The van der Waals surface area contributed by atoms with E-state index in [1.165, 1.54) is 0 Å². The summed E-state index contributed by atoms with van der Waals surface area (Å²) in [5.41, 5.74) is 2.69. The van der Waals surface area contributed by atoms with Crippen molar-refractivity contribution in [3.05, 3.63) is 133 Å². The minimum atomic E-state index is -0.893. The van der Waals surface area contributed by atoms with Crippen LogP contribution in [0.2, 0.25) is 0 Å². The van der Waals surface area contributed by atoms with Gasteiger partial charge in [0.25, 0.3) is 0 Å². The molecule has 9 heteroatoms. The van der Waals surface area contributed by atoms with Crippen LogP contribution >= 0.6 is 27.7 Å². The number of halogens is 1. The number of hydrogen-bond acceptors (Lipinski definition) is 5. The van der Waals surface area contributed by atoms with Gasteiger partial charge in [-0.15, -0.1) is 24.9 Å². The van der Waals surface area contributed by atoms with Crippen molar-refractivity contribution in [1.29, 1.82) is 0 Å². The molecule has 3 aromatic carbocycles. The van der Waals surface area contributed by atoms with Gasteiger partial charge in [-0.05, 0) is 23.1 Å². The molecular weight excluding hydrogens is 674 g/mol. The second-order valence-electron chi connectivity index (χ2n) is 12.5. The molecule has 47 heavy (non-hydrogen) atoms. The molecule has 1 spiro atoms. The van der Waals surface area contributed by atoms with Gasteiger partial charge in [-0.1, -0.05) is 119 Å². The molecule has 3 fully saturated rings. The number of aliphatic hydroxyl groups is 1. The SMILES string of the molecule is C=CCN(Cc1ccccc1)C(=O)C1N([C@H](CO)c2ccccc2)C(=O)[C@@H]2[C@H](C(=O)N(CC=C)Cc3ccccc3)[C@H]3SC12CC3Br. The summed E-state index contributed by atoms with van der Waals surface area (Å²) in [6.45, 7) is 8.84. The average Bonchev–Trinajstić information content (AvgIpc) is 3.69. The lowest BCUT2D eigenvalue weighted by atomic mass is 9.70. The number of benzene rings is 3. The maximum Gasteiger partial charge on any atom is 0.247 e. The van der Waals surface area contributed by atoms with Crippen molar-refractivity contribution in [3.63, 3.8) is 0 Å². The molecule has 3 saturated heterocycles. The number of nitrogens with zero attached hydrogens (tertiary/aromatic N) is 3. The van der Waals surface area contributed by atoms with E-state index in [2.05, 4.69) is 29.1 Å². The second kappa shape index (κ2) is 14.2. The van der Waals surface area contributed by atoms with Gasteiger partial charge in [0.15, 0.2) is 0 Å². The van der Waals surface area contributed by atoms with Crippen molar-refractivity contribution in [2.75, 3.05) is 19.7 Å². The summed E-state index contributed by atoms with van der Waals surface area (Å²) >= 11 is 5.50. The maximum atomic E-state index is 15.0. The number of hydrogen-bond donors (Lipinski definition) is 1. The van der Waals surface area contributed by atoms with E-state index in [1.807, 2.05) is 91.0 Å². The summed E-state index contributed by atoms with van der Waals surface area (Å²) in [5, 5.41) is 10.7. The topological polar surface area (TPSA) is 81.2 Å². The first-order chi connectivity index (χ1) is 22.8. The van der Waals surface area contributed by atoms with Crippen LogP contribution in [0.4, 0.5) is 0 Å². The quantitative estimate of drug-likeness (QED) is 0.184. The van der Waals surface area contributed by atoms with Gasteiger partial charge < -0.3 is 19.8 Å². The third kappa shape index (κ3) is 6.09. The van der Waals surface area contributed by atoms with Crippen molar-refractivity contribution < 1.29 is 19.5 Å². The van der Waals surface area contributed by atoms with E-state index >= 15 is 0 Å². The van der Waals surface area contributed by atoms with Crippen LogP contribution in [-0.4, -0.2) is 78.1 Å². The molecule has 0 aliphatic carbocycles. The highest BCUT2D eigenvalue weighted by Gasteiger charge is 2.76. The number of rotatable bonds is 13. The molecule has 3 aliphatic rings. The van der Waals surface area contributed by atoms with E-state index in [0.29, 0.717) is 32.6 Å². The molecule has 2 bridgehead atoms. The van der Waals surface area contributed by atoms with Crippen molar-refractivity contribution in [2.45, 2.75) is 46.4 Å². The fourth-order valence-corrected chi connectivity index (χ4v) is 11.3. The van der Waals surface area contributed by atoms with Crippen LogP contribution in [0.25, 0.3) is 0 Å². The lowest BCUT2D eigenvalue weighted by Crippen LogP contribution is -2.56. The fourth-order valence-electron chi connectivity index (χ4n) is 7.76. The fraction of sp³-hybridized carbons (Fsp3) is 0.342. The summed E-state index contributed by atoms with van der Waals surface area (Å²) in [4.78, 5) is 49.7. The molecule has 6 rings (SSSR count). The highest BCUT2D eigenvalue weighted by atomic mass is 79.9. The summed E-state index contributed by atoms with van der Waals surface area (Å²) < 4.78 is -0.863. The third-order valence-electron chi connectivity index (χ3n) is 9.69. The Bertz CT molecular complexity index is 1610. The number of carbonyl (C=O) groups excluding carboxylic acids is 3. The van der Waals surface area contributed by atoms with Crippen molar-refractivity contribution in [3.8, 4) is 0 Å². The molecule has 3 aliphatic heterocycles. The van der Waals surface area contributed by atoms with E-state index in [9.17, 15) is 19.5 Å². The van der Waals surface area contributed by atoms with E-state index in [0.717, 1.165) is 16.7 Å². The van der Waals surface area contributed by atoms with Gasteiger partial charge in [0.2, 0.25) is 17.7 Å². The Morgan fingerprint density at radius 3 is 1.91 bits per heavy atom. The molecule has 0 aromatic heterocycles. The Morgan fingerprint density at radius 2 is 1.40 bits per heavy atom. The van der Waals surface area contributed by atoms with Gasteiger partial charge >= 0.3 is 0 Å². The minimum Gasteiger partial charge on any atom is -0.394 e. The van der Waals surface area contributed by atoms with Crippen LogP contribution in [0, 0.1) is 11.8 Å². The first kappa shape index (κ1) is 33.2. The second-order valence-corrected chi connectivity index (χ2v) is 15.2. The zero-order valence-corrected chi connectivity index (χ0v) is 28.6. The Labute approximate surface area is 289 Å². The number of alkyl halides is 1. The number of fused-ring (bicyclic) bond motifs is 1. The first-order valence-electron chi connectivity index (χ1n) is 16.0. The van der Waals surface area contributed by atoms with Gasteiger partial charge in [-0.2, -0.15) is 0 Å². The number of amides is 3. The van der Waals surface area contributed by atoms with Crippen LogP contribution in [-0.2, 0) is 27.5 Å². The normalized spacial score (nSPS) is 26.5. The molecule has 3 amide bonds. The molecule has 3 heterocycles. The molecule has 0 radical (unpaired) electrons. The Hall–Kier alpha value is -3.66. The summed E-state index contributed by atoms with van der Waals surface area (Å²) in [6, 6.07) is 27.3. The van der Waals surface area contributed by atoms with Crippen molar-refractivity contribution in [2.24, 2.45) is 11.8 Å². The highest BCUT2D eigenvalue weighted by Crippen LogP contribution is 2.68. The predicted molar refractivity (Wildman–Crippen MR) is 189 cm³/mol. The highest BCUT2D eigenvalue weighted by molar-refractivity contribution is 9.09. The Kier molecular flexibility index (Phi) is 10.1. The minimum absolute atomic E-state index is 0.0747. The third-order valence-corrected chi connectivity index (χ3v) is 12.9. The van der Waals surface area contributed by atoms with Gasteiger partial charge in [0, 0.05) is 36.3 Å². The van der Waals surface area contributed by atoms with E-state index in [-0.39, 0.29) is 34.4 Å². The van der Waals surface area contributed by atoms with Crippen molar-refractivity contribution in [1.82, 2.24) is 14.7 Å². The number of thioether (sulfide) groups is 1. The molecule has 3 aromatic rings. The molecule has 7 atom stereocenters. The monoisotopic (exact) mass is 713 g/mol. The van der Waals surface area contributed by atoms with E-state index < -0.39 is 28.7 Å². The zero-order chi connectivity index (χ0) is 33.1. The summed E-state index contributed by atoms with van der Waals surface area (Å²) in [7, 11) is 0. The van der Waals surface area contributed by atoms with Gasteiger partial charge in [-0.3, -0.25) is 14.4 Å². The Morgan fingerprint density at radius 1 is 0.894 bits per heavy atom. The molecule has 7 nitrogen and oxygen atoms in total. The molecule has 0 saturated carbocycles. The van der Waals surface area contributed by atoms with Gasteiger partial charge in [0.05, 0.1) is 29.2 Å². The van der Waals surface area contributed by atoms with Crippen LogP contribution in [0.5, 0.6) is 0 Å². The molecule has 1 N–H and O–H groups in total. The van der Waals surface area contributed by atoms with E-state index in [1.54, 1.807) is 38.6 Å². The van der Waals surface area contributed by atoms with Gasteiger partial charge in [-0.25, -0.2) is 0 Å². The number of carbonyl (C=O) groups is 3. The Balaban J connectivity index is 1.44. The maximum absolute atomic E-state index is 15.0. The van der Waals surface area contributed by atoms with Crippen LogP contribution in [0.15, 0.2) is 116 Å². The lowest BCUT2D eigenvalue weighted by Gasteiger charge is -2.40. The average molecular weight is 715 g/mol. The number of likely N-dealkylation sites (tertiary alicyclic amines) is 1. The summed E-state index contributed by atoms with van der Waals surface area (Å²) in [6.07, 6.45) is 3.97. The standard InChI is InChI=1S/C38H40BrN3O4S/c1-3-20-40(23-26-14-8-5-9-15-26)35(44)31-32-36(45)42(30(25-43)28-18-12-7-13-19-28)34(38(32)22-29(39)33(31)47-38)37(46)41(21-4-2)24-27-16-10-6-11-17-27/h3-19,29-34,43H,1-2,20-25H2/t29?,30-,31+,32+,33+,34?,38?/m1/s1. The van der Waals surface area contributed by atoms with E-state index in [4.69, 9.17) is 0 Å².